The number of hydrogen-bond donors (Lipinski definition) is 0. The number of benzene rings is 3. The Balaban J connectivity index is 1.41. The van der Waals surface area contributed by atoms with E-state index in [1.54, 1.807) is 39.8 Å². The van der Waals surface area contributed by atoms with Gasteiger partial charge in [-0.25, -0.2) is 32.1 Å². The highest BCUT2D eigenvalue weighted by Crippen LogP contribution is 2.38. The summed E-state index contributed by atoms with van der Waals surface area (Å²) in [6.45, 7) is 8.69. The third kappa shape index (κ3) is 8.26. The van der Waals surface area contributed by atoms with Gasteiger partial charge in [-0.2, -0.15) is 0 Å². The Morgan fingerprint density at radius 3 is 2.17 bits per heavy atom. The number of allylic oxidation sites excluding steroid dienone is 1. The van der Waals surface area contributed by atoms with Crippen LogP contribution in [0.25, 0.3) is 22.2 Å². The maximum absolute atomic E-state index is 15.1. The van der Waals surface area contributed by atoms with Gasteiger partial charge in [-0.1, -0.05) is 36.4 Å². The van der Waals surface area contributed by atoms with Gasteiger partial charge >= 0.3 is 12.2 Å². The number of fused-ring (bicyclic) bond motifs is 1. The molecule has 1 aromatic heterocycles. The van der Waals surface area contributed by atoms with E-state index in [0.29, 0.717) is 39.1 Å². The van der Waals surface area contributed by atoms with Crippen LogP contribution in [0, 0.1) is 18.6 Å². The highest BCUT2D eigenvalue weighted by molar-refractivity contribution is 5.92. The second-order valence-electron chi connectivity index (χ2n) is 14.7. The van der Waals surface area contributed by atoms with Gasteiger partial charge in [0.05, 0.1) is 30.2 Å². The molecule has 4 atom stereocenters. The average Bonchev–Trinajstić information content (AvgIpc) is 3.76. The second-order valence-corrected chi connectivity index (χ2v) is 14.7. The van der Waals surface area contributed by atoms with Crippen LogP contribution in [0.4, 0.5) is 27.2 Å². The molecule has 0 bridgehead atoms. The summed E-state index contributed by atoms with van der Waals surface area (Å²) in [5, 5.41) is 0. The van der Waals surface area contributed by atoms with Crippen molar-refractivity contribution in [3.05, 3.63) is 101 Å². The molecule has 0 saturated carbocycles. The number of alkyl halides is 2. The number of aryl methyl sites for hydroxylation is 1. The zero-order valence-electron chi connectivity index (χ0n) is 30.0. The van der Waals surface area contributed by atoms with Crippen LogP contribution in [-0.2, 0) is 22.6 Å². The molecule has 0 N–H and O–H groups in total. The summed E-state index contributed by atoms with van der Waals surface area (Å²) in [5.41, 5.74) is 3.49. The number of carbonyl (C=O) groups excluding carboxylic acids is 2. The quantitative estimate of drug-likeness (QED) is 0.170. The first-order chi connectivity index (χ1) is 24.7. The SMILES string of the molecule is C/C(=C(/C[C@@H]1C[C@H](F)CN1C(=O)OCc1ccccc1)c1ccc(F)cc1C)c1nc2cc(F)ccc2n1C[C@@H]1C[C@H](F)CN1C(=O)OC(C)(C)C. The largest absolute Gasteiger partial charge is 0.445 e. The van der Waals surface area contributed by atoms with Crippen LogP contribution in [0.2, 0.25) is 0 Å². The van der Waals surface area contributed by atoms with Gasteiger partial charge in [0.1, 0.15) is 42.0 Å². The number of aromatic nitrogens is 2. The first-order valence-corrected chi connectivity index (χ1v) is 17.5. The van der Waals surface area contributed by atoms with E-state index in [9.17, 15) is 22.8 Å². The highest BCUT2D eigenvalue weighted by Gasteiger charge is 2.40. The van der Waals surface area contributed by atoms with Crippen molar-refractivity contribution < 1.29 is 36.6 Å². The number of hydrogen-bond acceptors (Lipinski definition) is 5. The summed E-state index contributed by atoms with van der Waals surface area (Å²) in [6, 6.07) is 16.6. The fourth-order valence-corrected chi connectivity index (χ4v) is 7.24. The molecule has 6 rings (SSSR count). The topological polar surface area (TPSA) is 76.9 Å². The average molecular weight is 721 g/mol. The third-order valence-electron chi connectivity index (χ3n) is 9.64. The summed E-state index contributed by atoms with van der Waals surface area (Å²) in [4.78, 5) is 34.2. The van der Waals surface area contributed by atoms with Crippen LogP contribution >= 0.6 is 0 Å². The third-order valence-corrected chi connectivity index (χ3v) is 9.64. The van der Waals surface area contributed by atoms with Crippen LogP contribution in [0.15, 0.2) is 66.7 Å². The molecule has 0 radical (unpaired) electrons. The Kier molecular flexibility index (Phi) is 10.6. The number of ether oxygens (including phenoxy) is 2. The van der Waals surface area contributed by atoms with Crippen molar-refractivity contribution in [1.29, 1.82) is 0 Å². The summed E-state index contributed by atoms with van der Waals surface area (Å²) < 4.78 is 72.1. The first-order valence-electron chi connectivity index (χ1n) is 17.5. The van der Waals surface area contributed by atoms with Crippen molar-refractivity contribution in [3.63, 3.8) is 0 Å². The fourth-order valence-electron chi connectivity index (χ4n) is 7.24. The molecule has 2 saturated heterocycles. The van der Waals surface area contributed by atoms with Gasteiger partial charge in [0, 0.05) is 31.5 Å². The molecule has 2 aliphatic rings. The molecule has 2 amide bonds. The molecule has 2 aliphatic heterocycles. The number of amides is 2. The lowest BCUT2D eigenvalue weighted by molar-refractivity contribution is 0.0207. The minimum Gasteiger partial charge on any atom is -0.445 e. The normalized spacial score (nSPS) is 21.1. The summed E-state index contributed by atoms with van der Waals surface area (Å²) in [7, 11) is 0. The number of carbonyl (C=O) groups is 2. The van der Waals surface area contributed by atoms with Crippen molar-refractivity contribution in [3.8, 4) is 0 Å². The maximum Gasteiger partial charge on any atom is 0.410 e. The molecule has 3 aromatic carbocycles. The van der Waals surface area contributed by atoms with E-state index in [-0.39, 0.29) is 45.5 Å². The van der Waals surface area contributed by atoms with E-state index < -0.39 is 53.8 Å². The van der Waals surface area contributed by atoms with Crippen molar-refractivity contribution in [2.75, 3.05) is 13.1 Å². The first kappa shape index (κ1) is 36.9. The smallest absolute Gasteiger partial charge is 0.410 e. The van der Waals surface area contributed by atoms with Crippen LogP contribution in [0.5, 0.6) is 0 Å². The number of imidazole rings is 1. The highest BCUT2D eigenvalue weighted by atomic mass is 19.1. The van der Waals surface area contributed by atoms with Crippen LogP contribution in [0.3, 0.4) is 0 Å². The van der Waals surface area contributed by atoms with E-state index in [4.69, 9.17) is 14.5 Å². The van der Waals surface area contributed by atoms with E-state index in [0.717, 1.165) is 5.56 Å². The predicted octanol–water partition coefficient (Wildman–Crippen LogP) is 9.04. The molecule has 3 heterocycles. The van der Waals surface area contributed by atoms with E-state index in [2.05, 4.69) is 0 Å². The Morgan fingerprint density at radius 2 is 1.50 bits per heavy atom. The number of likely N-dealkylation sites (tertiary alicyclic amines) is 2. The fraction of sp³-hybridized carbons (Fsp3) is 0.425. The summed E-state index contributed by atoms with van der Waals surface area (Å²) in [5.74, 6) is -0.510. The molecular formula is C40H44F4N4O4. The van der Waals surface area contributed by atoms with Crippen LogP contribution < -0.4 is 0 Å². The van der Waals surface area contributed by atoms with E-state index in [1.807, 2.05) is 41.8 Å². The Labute approximate surface area is 301 Å². The van der Waals surface area contributed by atoms with Crippen molar-refractivity contribution in [2.24, 2.45) is 0 Å². The molecule has 0 spiro atoms. The van der Waals surface area contributed by atoms with Gasteiger partial charge in [-0.05, 0) is 93.1 Å². The Hall–Kier alpha value is -4.87. The molecule has 12 heteroatoms. The van der Waals surface area contributed by atoms with E-state index in [1.165, 1.54) is 34.1 Å². The molecule has 2 fully saturated rings. The molecule has 0 aliphatic carbocycles. The van der Waals surface area contributed by atoms with Crippen LogP contribution in [-0.4, -0.2) is 74.7 Å². The Bertz CT molecular complexity index is 1980. The van der Waals surface area contributed by atoms with Gasteiger partial charge in [0.15, 0.2) is 0 Å². The van der Waals surface area contributed by atoms with Crippen molar-refractivity contribution in [2.45, 2.75) is 97.1 Å². The maximum atomic E-state index is 15.1. The monoisotopic (exact) mass is 720 g/mol. The number of rotatable bonds is 8. The number of halogens is 4. The molecule has 8 nitrogen and oxygen atoms in total. The molecule has 52 heavy (non-hydrogen) atoms. The second kappa shape index (κ2) is 15.0. The van der Waals surface area contributed by atoms with Gasteiger partial charge in [0.2, 0.25) is 0 Å². The van der Waals surface area contributed by atoms with Gasteiger partial charge in [0.25, 0.3) is 0 Å². The Morgan fingerprint density at radius 1 is 0.865 bits per heavy atom. The lowest BCUT2D eigenvalue weighted by Crippen LogP contribution is -2.41. The standard InChI is InChI=1S/C40H44F4N4O4/c1-24-15-27(41)11-13-33(24)34(19-31-16-29(43)20-46(31)38(49)51-23-26-9-7-6-8-10-26)25(2)37-45-35-18-28(42)12-14-36(35)48(37)22-32-17-30(44)21-47(32)39(50)52-40(3,4)5/h6-15,18,29-32H,16-17,19-23H2,1-5H3/b34-25+/t29-,30-,31-,32-/m0/s1. The predicted molar refractivity (Wildman–Crippen MR) is 191 cm³/mol. The lowest BCUT2D eigenvalue weighted by Gasteiger charge is -2.29. The molecule has 4 aromatic rings. The summed E-state index contributed by atoms with van der Waals surface area (Å²) in [6.07, 6.45) is -3.54. The molecule has 276 valence electrons. The zero-order valence-corrected chi connectivity index (χ0v) is 30.0. The van der Waals surface area contributed by atoms with Gasteiger partial charge in [-0.15, -0.1) is 0 Å². The molecule has 0 unspecified atom stereocenters. The van der Waals surface area contributed by atoms with Crippen LogP contribution in [0.1, 0.15) is 69.5 Å². The van der Waals surface area contributed by atoms with Gasteiger partial charge < -0.3 is 23.8 Å². The number of nitrogens with zero attached hydrogens (tertiary/aromatic N) is 4. The van der Waals surface area contributed by atoms with Crippen molar-refractivity contribution >= 4 is 34.4 Å². The van der Waals surface area contributed by atoms with E-state index >= 15 is 4.39 Å². The zero-order chi connectivity index (χ0) is 37.3. The molecular weight excluding hydrogens is 676 g/mol. The lowest BCUT2D eigenvalue weighted by atomic mass is 9.90. The van der Waals surface area contributed by atoms with Crippen molar-refractivity contribution in [1.82, 2.24) is 19.4 Å². The minimum atomic E-state index is -1.28. The minimum absolute atomic E-state index is 0.0282. The summed E-state index contributed by atoms with van der Waals surface area (Å²) >= 11 is 0. The van der Waals surface area contributed by atoms with Gasteiger partial charge in [-0.3, -0.25) is 0 Å².